The first kappa shape index (κ1) is 16.9. The van der Waals surface area contributed by atoms with Crippen LogP contribution in [0.4, 0.5) is 0 Å². The van der Waals surface area contributed by atoms with Gasteiger partial charge in [0.1, 0.15) is 23.5 Å². The van der Waals surface area contributed by atoms with Gasteiger partial charge in [-0.15, -0.1) is 0 Å². The molecule has 1 aliphatic rings. The molecule has 0 radical (unpaired) electrons. The van der Waals surface area contributed by atoms with Crippen molar-refractivity contribution in [1.82, 2.24) is 24.6 Å². The molecule has 6 nitrogen and oxygen atoms in total. The van der Waals surface area contributed by atoms with Crippen LogP contribution in [0.3, 0.4) is 0 Å². The van der Waals surface area contributed by atoms with Crippen molar-refractivity contribution in [2.75, 3.05) is 13.6 Å². The lowest BCUT2D eigenvalue weighted by atomic mass is 10.1. The van der Waals surface area contributed by atoms with Crippen molar-refractivity contribution in [1.29, 1.82) is 0 Å². The van der Waals surface area contributed by atoms with Gasteiger partial charge < -0.3 is 9.64 Å². The number of likely N-dealkylation sites (tertiary alicyclic amines) is 1. The minimum absolute atomic E-state index is 0.521. The molecule has 0 bridgehead atoms. The summed E-state index contributed by atoms with van der Waals surface area (Å²) in [5.41, 5.74) is 2.82. The summed E-state index contributed by atoms with van der Waals surface area (Å²) in [4.78, 5) is 11.0. The number of aromatic nitrogens is 4. The van der Waals surface area contributed by atoms with Gasteiger partial charge in [0.25, 0.3) is 0 Å². The zero-order valence-corrected chi connectivity index (χ0v) is 15.7. The van der Waals surface area contributed by atoms with Gasteiger partial charge in [0.05, 0.1) is 11.9 Å². The maximum absolute atomic E-state index is 5.89. The highest BCUT2D eigenvalue weighted by Crippen LogP contribution is 2.30. The van der Waals surface area contributed by atoms with Crippen LogP contribution in [-0.4, -0.2) is 44.3 Å². The molecule has 1 saturated heterocycles. The molecule has 5 rings (SSSR count). The van der Waals surface area contributed by atoms with Crippen LogP contribution in [0.25, 0.3) is 22.3 Å². The molecule has 0 aliphatic carbocycles. The van der Waals surface area contributed by atoms with Gasteiger partial charge in [0.15, 0.2) is 5.65 Å². The Bertz CT molecular complexity index is 1090. The molecule has 2 aromatic carbocycles. The van der Waals surface area contributed by atoms with Crippen molar-refractivity contribution in [3.05, 3.63) is 67.1 Å². The minimum atomic E-state index is 0.521. The van der Waals surface area contributed by atoms with E-state index < -0.39 is 0 Å². The van der Waals surface area contributed by atoms with E-state index in [0.29, 0.717) is 6.04 Å². The number of hydrogen-bond donors (Lipinski definition) is 0. The fourth-order valence-corrected chi connectivity index (χ4v) is 3.56. The lowest BCUT2D eigenvalue weighted by Gasteiger charge is -2.37. The van der Waals surface area contributed by atoms with Gasteiger partial charge in [-0.1, -0.05) is 18.2 Å². The van der Waals surface area contributed by atoms with E-state index in [9.17, 15) is 0 Å². The second-order valence-corrected chi connectivity index (χ2v) is 7.15. The number of fused-ring (bicyclic) bond motifs is 1. The third-order valence-electron chi connectivity index (χ3n) is 5.34. The number of hydrogen-bond acceptors (Lipinski definition) is 5. The van der Waals surface area contributed by atoms with Crippen molar-refractivity contribution < 1.29 is 4.74 Å². The molecule has 1 aliphatic heterocycles. The number of para-hydroxylation sites is 1. The summed E-state index contributed by atoms with van der Waals surface area (Å²) in [6.45, 7) is 1.99. The third kappa shape index (κ3) is 3.12. The first-order valence-electron chi connectivity index (χ1n) is 9.48. The summed E-state index contributed by atoms with van der Waals surface area (Å²) in [5, 5.41) is 5.85. The highest BCUT2D eigenvalue weighted by molar-refractivity contribution is 5.90. The molecule has 2 aromatic heterocycles. The highest BCUT2D eigenvalue weighted by atomic mass is 16.5. The van der Waals surface area contributed by atoms with E-state index in [1.807, 2.05) is 65.5 Å². The predicted octanol–water partition coefficient (Wildman–Crippen LogP) is 3.99. The van der Waals surface area contributed by atoms with Crippen LogP contribution in [0.15, 0.2) is 67.1 Å². The fourth-order valence-electron chi connectivity index (χ4n) is 3.56. The van der Waals surface area contributed by atoms with E-state index in [0.717, 1.165) is 46.9 Å². The van der Waals surface area contributed by atoms with Gasteiger partial charge in [-0.05, 0) is 56.4 Å². The molecular formula is C22H21N5O. The standard InChI is InChI=1S/C22H21N5O/c1-26-12-11-17(26)14-27-22-20(13-23-15-24-22)21(25-27)16-7-9-19(10-8-16)28-18-5-3-2-4-6-18/h2-10,13,15,17H,11-12,14H2,1H3/t17-/m1/s1. The molecule has 4 aromatic rings. The molecule has 0 N–H and O–H groups in total. The van der Waals surface area contributed by atoms with Crippen LogP contribution < -0.4 is 4.74 Å². The average Bonchev–Trinajstić information content (AvgIpc) is 3.11. The summed E-state index contributed by atoms with van der Waals surface area (Å²) in [6.07, 6.45) is 4.63. The maximum Gasteiger partial charge on any atom is 0.161 e. The van der Waals surface area contributed by atoms with Crippen molar-refractivity contribution in [3.8, 4) is 22.8 Å². The second kappa shape index (κ2) is 7.05. The summed E-state index contributed by atoms with van der Waals surface area (Å²) in [6, 6.07) is 18.3. The Morgan fingerprint density at radius 2 is 1.82 bits per heavy atom. The van der Waals surface area contributed by atoms with Crippen molar-refractivity contribution >= 4 is 11.0 Å². The maximum atomic E-state index is 5.89. The zero-order chi connectivity index (χ0) is 18.9. The monoisotopic (exact) mass is 371 g/mol. The first-order valence-corrected chi connectivity index (χ1v) is 9.48. The smallest absolute Gasteiger partial charge is 0.161 e. The Morgan fingerprint density at radius 3 is 2.54 bits per heavy atom. The van der Waals surface area contributed by atoms with Gasteiger partial charge in [-0.3, -0.25) is 0 Å². The molecule has 28 heavy (non-hydrogen) atoms. The lowest BCUT2D eigenvalue weighted by Crippen LogP contribution is -2.47. The molecular weight excluding hydrogens is 350 g/mol. The fraction of sp³-hybridized carbons (Fsp3) is 0.227. The largest absolute Gasteiger partial charge is 0.457 e. The first-order chi connectivity index (χ1) is 13.8. The quantitative estimate of drug-likeness (QED) is 0.531. The van der Waals surface area contributed by atoms with Crippen LogP contribution in [-0.2, 0) is 6.54 Å². The Kier molecular flexibility index (Phi) is 4.25. The molecule has 6 heteroatoms. The molecule has 1 fully saturated rings. The van der Waals surface area contributed by atoms with Gasteiger partial charge in [0.2, 0.25) is 0 Å². The third-order valence-corrected chi connectivity index (χ3v) is 5.34. The van der Waals surface area contributed by atoms with E-state index >= 15 is 0 Å². The molecule has 0 saturated carbocycles. The molecule has 0 amide bonds. The summed E-state index contributed by atoms with van der Waals surface area (Å²) >= 11 is 0. The van der Waals surface area contributed by atoms with Crippen LogP contribution in [0.2, 0.25) is 0 Å². The molecule has 0 spiro atoms. The summed E-state index contributed by atoms with van der Waals surface area (Å²) in [7, 11) is 2.15. The highest BCUT2D eigenvalue weighted by Gasteiger charge is 2.26. The zero-order valence-electron chi connectivity index (χ0n) is 15.7. The average molecular weight is 371 g/mol. The van der Waals surface area contributed by atoms with Gasteiger partial charge in [-0.2, -0.15) is 5.10 Å². The minimum Gasteiger partial charge on any atom is -0.457 e. The number of likely N-dealkylation sites (N-methyl/N-ethyl adjacent to an activating group) is 1. The number of ether oxygens (including phenoxy) is 1. The SMILES string of the molecule is CN1CC[C@@H]1Cn1nc(-c2ccc(Oc3ccccc3)cc2)c2cncnc21. The Hall–Kier alpha value is -3.25. The lowest BCUT2D eigenvalue weighted by molar-refractivity contribution is 0.108. The number of benzene rings is 2. The molecule has 0 unspecified atom stereocenters. The topological polar surface area (TPSA) is 56.1 Å². The van der Waals surface area contributed by atoms with E-state index in [1.54, 1.807) is 6.33 Å². The van der Waals surface area contributed by atoms with Crippen molar-refractivity contribution in [3.63, 3.8) is 0 Å². The molecule has 140 valence electrons. The van der Waals surface area contributed by atoms with Crippen LogP contribution in [0, 0.1) is 0 Å². The molecule has 1 atom stereocenters. The van der Waals surface area contributed by atoms with Crippen molar-refractivity contribution in [2.24, 2.45) is 0 Å². The predicted molar refractivity (Wildman–Crippen MR) is 108 cm³/mol. The molecule has 3 heterocycles. The van der Waals surface area contributed by atoms with E-state index in [2.05, 4.69) is 21.9 Å². The Morgan fingerprint density at radius 1 is 1.04 bits per heavy atom. The van der Waals surface area contributed by atoms with E-state index in [4.69, 9.17) is 9.84 Å². The number of rotatable bonds is 5. The van der Waals surface area contributed by atoms with Crippen LogP contribution in [0.5, 0.6) is 11.5 Å². The summed E-state index contributed by atoms with van der Waals surface area (Å²) < 4.78 is 7.91. The number of nitrogens with zero attached hydrogens (tertiary/aromatic N) is 5. The van der Waals surface area contributed by atoms with Crippen LogP contribution in [0.1, 0.15) is 6.42 Å². The van der Waals surface area contributed by atoms with E-state index in [1.165, 1.54) is 6.42 Å². The van der Waals surface area contributed by atoms with Crippen molar-refractivity contribution in [2.45, 2.75) is 19.0 Å². The van der Waals surface area contributed by atoms with Gasteiger partial charge >= 0.3 is 0 Å². The Balaban J connectivity index is 1.45. The van der Waals surface area contributed by atoms with E-state index in [-0.39, 0.29) is 0 Å². The van der Waals surface area contributed by atoms with Gasteiger partial charge in [-0.25, -0.2) is 14.6 Å². The van der Waals surface area contributed by atoms with Crippen LogP contribution >= 0.6 is 0 Å². The van der Waals surface area contributed by atoms with Gasteiger partial charge in [0, 0.05) is 17.8 Å². The normalized spacial score (nSPS) is 16.8. The Labute approximate surface area is 163 Å². The summed E-state index contributed by atoms with van der Waals surface area (Å²) in [5.74, 6) is 1.62. The second-order valence-electron chi connectivity index (χ2n) is 7.15.